The van der Waals surface area contributed by atoms with Gasteiger partial charge >= 0.3 is 18.1 Å². The summed E-state index contributed by atoms with van der Waals surface area (Å²) >= 11 is 0. The highest BCUT2D eigenvalue weighted by atomic mass is 19.4. The van der Waals surface area contributed by atoms with Gasteiger partial charge < -0.3 is 36.2 Å². The van der Waals surface area contributed by atoms with E-state index in [0.29, 0.717) is 41.6 Å². The predicted octanol–water partition coefficient (Wildman–Crippen LogP) is 1.26. The highest BCUT2D eigenvalue weighted by molar-refractivity contribution is 6.13. The van der Waals surface area contributed by atoms with E-state index in [-0.39, 0.29) is 37.3 Å². The first kappa shape index (κ1) is 36.2. The van der Waals surface area contributed by atoms with Gasteiger partial charge in [0.25, 0.3) is 11.8 Å². The Morgan fingerprint density at radius 1 is 1.06 bits per heavy atom. The Morgan fingerprint density at radius 3 is 2.32 bits per heavy atom. The summed E-state index contributed by atoms with van der Waals surface area (Å²) in [7, 11) is 0. The lowest BCUT2D eigenvalue weighted by atomic mass is 10.0. The Kier molecular flexibility index (Phi) is 12.1. The number of hydrogen-bond acceptors (Lipinski definition) is 9. The minimum absolute atomic E-state index is 0.0484. The number of nitrogens with zero attached hydrogens (tertiary/aromatic N) is 2. The maximum Gasteiger partial charge on any atom is 0.490 e. The van der Waals surface area contributed by atoms with Crippen LogP contribution in [0.1, 0.15) is 47.2 Å². The van der Waals surface area contributed by atoms with Crippen LogP contribution in [0.25, 0.3) is 0 Å². The van der Waals surface area contributed by atoms with Crippen LogP contribution in [0.4, 0.5) is 24.5 Å². The number of halogens is 3. The number of amides is 2. The molecule has 17 heteroatoms. The maximum absolute atomic E-state index is 13.0. The predicted molar refractivity (Wildman–Crippen MR) is 160 cm³/mol. The number of unbranched alkanes of at least 4 members (excludes halogenated alkanes) is 2. The molecule has 0 bridgehead atoms. The van der Waals surface area contributed by atoms with Crippen molar-refractivity contribution in [3.8, 4) is 0 Å². The Hall–Kier alpha value is -5.32. The molecule has 14 nitrogen and oxygen atoms in total. The van der Waals surface area contributed by atoms with Gasteiger partial charge in [0.1, 0.15) is 30.8 Å². The minimum Gasteiger partial charge on any atom is -0.475 e. The quantitative estimate of drug-likeness (QED) is 0.0511. The van der Waals surface area contributed by atoms with Crippen molar-refractivity contribution in [3.05, 3.63) is 59.2 Å². The van der Waals surface area contributed by atoms with Crippen LogP contribution < -0.4 is 27.0 Å². The number of carboxylic acid groups (broad SMARTS) is 1. The number of aryl methyl sites for hydroxylation is 1. The molecule has 0 aliphatic carbocycles. The number of aliphatic carboxylic acids is 1. The van der Waals surface area contributed by atoms with Gasteiger partial charge in [0.2, 0.25) is 0 Å². The number of ether oxygens (including phenoxy) is 1. The first-order chi connectivity index (χ1) is 22.2. The van der Waals surface area contributed by atoms with E-state index in [2.05, 4.69) is 15.6 Å². The van der Waals surface area contributed by atoms with Crippen molar-refractivity contribution < 1.29 is 51.8 Å². The molecule has 2 aromatic carbocycles. The molecule has 2 aliphatic rings. The van der Waals surface area contributed by atoms with E-state index in [0.717, 1.165) is 31.2 Å². The second-order valence-corrected chi connectivity index (χ2v) is 10.6. The lowest BCUT2D eigenvalue weighted by molar-refractivity contribution is -0.192. The van der Waals surface area contributed by atoms with E-state index < -0.39 is 29.7 Å². The molecule has 2 heterocycles. The van der Waals surface area contributed by atoms with Gasteiger partial charge in [-0.15, -0.1) is 0 Å². The van der Waals surface area contributed by atoms with Crippen LogP contribution in [0.5, 0.6) is 0 Å². The Labute approximate surface area is 266 Å². The fourth-order valence-corrected chi connectivity index (χ4v) is 4.63. The van der Waals surface area contributed by atoms with Crippen LogP contribution in [0.3, 0.4) is 0 Å². The normalized spacial score (nSPS) is 18.4. The number of nitrogens with one attached hydrogen (secondary N) is 2. The van der Waals surface area contributed by atoms with Gasteiger partial charge in [0, 0.05) is 18.7 Å². The molecule has 47 heavy (non-hydrogen) atoms. The van der Waals surface area contributed by atoms with E-state index in [4.69, 9.17) is 26.1 Å². The van der Waals surface area contributed by atoms with Crippen LogP contribution >= 0.6 is 0 Å². The summed E-state index contributed by atoms with van der Waals surface area (Å²) in [4.78, 5) is 74.5. The third-order valence-corrected chi connectivity index (χ3v) is 7.14. The Morgan fingerprint density at radius 2 is 1.72 bits per heavy atom. The highest BCUT2D eigenvalue weighted by Crippen LogP contribution is 2.32. The zero-order chi connectivity index (χ0) is 34.8. The summed E-state index contributed by atoms with van der Waals surface area (Å²) in [5, 5.41) is 12.5. The van der Waals surface area contributed by atoms with Crippen LogP contribution in [0, 0.1) is 0 Å². The number of benzene rings is 2. The van der Waals surface area contributed by atoms with E-state index in [1.807, 2.05) is 12.1 Å². The molecule has 0 aromatic heterocycles. The smallest absolute Gasteiger partial charge is 0.475 e. The fraction of sp³-hybridized carbons (Fsp3) is 0.367. The number of rotatable bonds is 13. The summed E-state index contributed by atoms with van der Waals surface area (Å²) < 4.78 is 37.0. The molecule has 2 unspecified atom stereocenters. The molecule has 0 radical (unpaired) electrons. The van der Waals surface area contributed by atoms with Gasteiger partial charge in [-0.05, 0) is 54.7 Å². The number of anilines is 2. The van der Waals surface area contributed by atoms with E-state index >= 15 is 0 Å². The number of carbonyl (C=O) groups is 6. The largest absolute Gasteiger partial charge is 0.490 e. The number of fused-ring (bicyclic) bond motifs is 1. The number of hydrogen-bond donors (Lipinski definition) is 5. The molecule has 2 amide bonds. The molecule has 7 N–H and O–H groups in total. The van der Waals surface area contributed by atoms with Crippen molar-refractivity contribution in [1.82, 2.24) is 10.6 Å². The number of guanidine groups is 1. The number of carbonyl (C=O) groups excluding carboxylic acids is 5. The third kappa shape index (κ3) is 9.83. The summed E-state index contributed by atoms with van der Waals surface area (Å²) in [6.45, 7) is 0.376. The van der Waals surface area contributed by atoms with Crippen molar-refractivity contribution >= 4 is 53.7 Å². The maximum atomic E-state index is 13.0. The van der Waals surface area contributed by atoms with Crippen molar-refractivity contribution in [2.75, 3.05) is 18.0 Å². The lowest BCUT2D eigenvalue weighted by Gasteiger charge is -2.23. The van der Waals surface area contributed by atoms with Crippen molar-refractivity contribution in [2.24, 2.45) is 16.5 Å². The van der Waals surface area contributed by atoms with Gasteiger partial charge in [0.05, 0.1) is 17.8 Å². The van der Waals surface area contributed by atoms with E-state index in [9.17, 15) is 37.1 Å². The van der Waals surface area contributed by atoms with Crippen LogP contribution in [-0.4, -0.2) is 78.2 Å². The number of nitrogens with two attached hydrogens (primary N) is 2. The summed E-state index contributed by atoms with van der Waals surface area (Å²) in [6, 6.07) is 11.5. The fourth-order valence-electron chi connectivity index (χ4n) is 4.63. The zero-order valence-electron chi connectivity index (χ0n) is 24.9. The molecule has 0 spiro atoms. The number of esters is 1. The molecule has 0 saturated carbocycles. The third-order valence-electron chi connectivity index (χ3n) is 7.14. The molecule has 252 valence electrons. The van der Waals surface area contributed by atoms with Gasteiger partial charge in [0.15, 0.2) is 5.96 Å². The van der Waals surface area contributed by atoms with E-state index in [1.165, 1.54) is 4.90 Å². The van der Waals surface area contributed by atoms with Gasteiger partial charge in [-0.25, -0.2) is 4.79 Å². The molecule has 4 rings (SSSR count). The van der Waals surface area contributed by atoms with Crippen LogP contribution in [0.15, 0.2) is 47.5 Å². The van der Waals surface area contributed by atoms with Crippen LogP contribution in [0.2, 0.25) is 0 Å². The standard InChI is InChI=1S/C28H32N6O6.C2HF3O2/c29-27(30)31-12-3-1-2-4-18-7-10-22-21(14-18)25(38)32-15-23(37)34(22)20-8-5-19(6-9-20)16-40-26(39)24-28(17-36,33-24)11-13-35;3-2(4,5)1(6)7/h5-10,13-14,17,24,33H,1-4,11-12,15-16H2,(H,32,38)(H4,29,30,31);(H,6,7). The van der Waals surface area contributed by atoms with E-state index in [1.54, 1.807) is 30.3 Å². The zero-order valence-corrected chi connectivity index (χ0v) is 24.9. The molecule has 1 fully saturated rings. The Bertz CT molecular complexity index is 1530. The number of aldehydes is 2. The number of aliphatic imine (C=N–C) groups is 1. The first-order valence-corrected chi connectivity index (χ1v) is 14.2. The molecular formula is C30H33F3N6O8. The minimum atomic E-state index is -5.08. The molecule has 2 atom stereocenters. The molecule has 2 aliphatic heterocycles. The average Bonchev–Trinajstić information content (AvgIpc) is 3.77. The van der Waals surface area contributed by atoms with Crippen molar-refractivity contribution in [2.45, 2.75) is 56.5 Å². The van der Waals surface area contributed by atoms with Crippen molar-refractivity contribution in [1.29, 1.82) is 0 Å². The highest BCUT2D eigenvalue weighted by Gasteiger charge is 2.59. The van der Waals surface area contributed by atoms with Gasteiger partial charge in [-0.2, -0.15) is 13.2 Å². The van der Waals surface area contributed by atoms with Gasteiger partial charge in [-0.1, -0.05) is 24.6 Å². The molecule has 2 aromatic rings. The summed E-state index contributed by atoms with van der Waals surface area (Å²) in [6.07, 6.45) is -0.590. The summed E-state index contributed by atoms with van der Waals surface area (Å²) in [5.41, 5.74) is 12.6. The van der Waals surface area contributed by atoms with Gasteiger partial charge in [-0.3, -0.25) is 29.6 Å². The summed E-state index contributed by atoms with van der Waals surface area (Å²) in [5.74, 6) is -3.91. The second-order valence-electron chi connectivity index (χ2n) is 10.6. The van der Waals surface area contributed by atoms with Crippen molar-refractivity contribution in [3.63, 3.8) is 0 Å². The SMILES string of the molecule is NC(N)=NCCCCCc1ccc2c(c1)C(=O)NCC(=O)N2c1ccc(COC(=O)C2NC2(C=O)CC=O)cc1.O=C(O)C(F)(F)F. The number of alkyl halides is 3. The number of carboxylic acids is 1. The molecular weight excluding hydrogens is 629 g/mol. The van der Waals surface area contributed by atoms with Crippen LogP contribution in [-0.2, 0) is 41.7 Å². The topological polar surface area (TPSA) is 233 Å². The average molecular weight is 663 g/mol. The first-order valence-electron chi connectivity index (χ1n) is 14.2. The molecule has 1 saturated heterocycles. The lowest BCUT2D eigenvalue weighted by Crippen LogP contribution is -2.33. The second kappa shape index (κ2) is 15.8. The Balaban J connectivity index is 0.000000771. The monoisotopic (exact) mass is 662 g/mol.